The highest BCUT2D eigenvalue weighted by Gasteiger charge is 2.32. The molecule has 1 aromatic rings. The zero-order valence-corrected chi connectivity index (χ0v) is 14.3. The number of rotatable bonds is 4. The quantitative estimate of drug-likeness (QED) is 0.900. The number of hydrogen-bond acceptors (Lipinski definition) is 3. The van der Waals surface area contributed by atoms with Crippen molar-refractivity contribution in [2.75, 3.05) is 38.6 Å². The van der Waals surface area contributed by atoms with E-state index < -0.39 is 24.5 Å². The Labute approximate surface area is 144 Å². The highest BCUT2D eigenvalue weighted by molar-refractivity contribution is 5.94. The molecule has 0 atom stereocenters. The molecule has 1 saturated heterocycles. The topological polar surface area (TPSA) is 52.7 Å². The number of carbonyl (C=O) groups excluding carboxylic acids is 2. The molecular weight excluding hydrogens is 335 g/mol. The lowest BCUT2D eigenvalue weighted by Gasteiger charge is -2.31. The third kappa shape index (κ3) is 5.37. The van der Waals surface area contributed by atoms with Crippen molar-refractivity contribution in [1.29, 1.82) is 0 Å². The van der Waals surface area contributed by atoms with Crippen molar-refractivity contribution in [3.63, 3.8) is 0 Å². The molecule has 2 amide bonds. The van der Waals surface area contributed by atoms with E-state index in [-0.39, 0.29) is 5.91 Å². The predicted molar refractivity (Wildman–Crippen MR) is 88.5 cm³/mol. The van der Waals surface area contributed by atoms with Crippen LogP contribution in [0.15, 0.2) is 24.3 Å². The first-order valence-electron chi connectivity index (χ1n) is 8.08. The van der Waals surface area contributed by atoms with Gasteiger partial charge in [0, 0.05) is 44.4 Å². The fourth-order valence-corrected chi connectivity index (χ4v) is 2.76. The van der Waals surface area contributed by atoms with Crippen molar-refractivity contribution < 1.29 is 22.8 Å². The Balaban J connectivity index is 1.86. The van der Waals surface area contributed by atoms with Gasteiger partial charge < -0.3 is 15.1 Å². The first-order valence-corrected chi connectivity index (χ1v) is 8.08. The van der Waals surface area contributed by atoms with E-state index in [0.717, 1.165) is 5.69 Å². The van der Waals surface area contributed by atoms with Gasteiger partial charge in [0.05, 0.1) is 0 Å². The lowest BCUT2D eigenvalue weighted by Crippen LogP contribution is -2.44. The molecule has 0 saturated carbocycles. The Hall–Kier alpha value is -2.25. The molecule has 0 aromatic heterocycles. The van der Waals surface area contributed by atoms with E-state index in [1.807, 2.05) is 36.4 Å². The fraction of sp³-hybridized carbons (Fsp3) is 0.529. The molecule has 1 aliphatic rings. The van der Waals surface area contributed by atoms with Crippen molar-refractivity contribution in [3.8, 4) is 0 Å². The summed E-state index contributed by atoms with van der Waals surface area (Å²) in [5.41, 5.74) is 1.54. The molecule has 25 heavy (non-hydrogen) atoms. The molecule has 0 radical (unpaired) electrons. The lowest BCUT2D eigenvalue weighted by molar-refractivity contribution is -0.141. The van der Waals surface area contributed by atoms with Gasteiger partial charge in [-0.1, -0.05) is 0 Å². The molecular formula is C17H22F3N3O2. The summed E-state index contributed by atoms with van der Waals surface area (Å²) in [6, 6.07) is 7.20. The molecule has 1 fully saturated rings. The number of nitrogens with zero attached hydrogens (tertiary/aromatic N) is 2. The number of amides is 2. The second-order valence-electron chi connectivity index (χ2n) is 6.34. The SMILES string of the molecule is CN(C)c1ccc(C(=O)N2CCC(C(=O)NCC(F)(F)F)CC2)cc1. The van der Waals surface area contributed by atoms with Gasteiger partial charge in [0.15, 0.2) is 0 Å². The summed E-state index contributed by atoms with van der Waals surface area (Å²) in [4.78, 5) is 27.8. The highest BCUT2D eigenvalue weighted by Crippen LogP contribution is 2.21. The van der Waals surface area contributed by atoms with Crippen LogP contribution in [0.5, 0.6) is 0 Å². The van der Waals surface area contributed by atoms with Gasteiger partial charge in [0.25, 0.3) is 5.91 Å². The molecule has 0 unspecified atom stereocenters. The molecule has 0 aliphatic carbocycles. The number of alkyl halides is 3. The maximum atomic E-state index is 12.5. The number of benzene rings is 1. The van der Waals surface area contributed by atoms with Crippen molar-refractivity contribution in [1.82, 2.24) is 10.2 Å². The Morgan fingerprint density at radius 1 is 1.16 bits per heavy atom. The second kappa shape index (κ2) is 7.76. The minimum absolute atomic E-state index is 0.126. The number of piperidine rings is 1. The highest BCUT2D eigenvalue weighted by atomic mass is 19.4. The van der Waals surface area contributed by atoms with Crippen molar-refractivity contribution in [3.05, 3.63) is 29.8 Å². The Morgan fingerprint density at radius 3 is 2.20 bits per heavy atom. The smallest absolute Gasteiger partial charge is 0.378 e. The molecule has 1 heterocycles. The number of likely N-dealkylation sites (tertiary alicyclic amines) is 1. The van der Waals surface area contributed by atoms with E-state index >= 15 is 0 Å². The molecule has 2 rings (SSSR count). The number of carbonyl (C=O) groups is 2. The summed E-state index contributed by atoms with van der Waals surface area (Å²) >= 11 is 0. The summed E-state index contributed by atoms with van der Waals surface area (Å²) in [6.45, 7) is -0.597. The summed E-state index contributed by atoms with van der Waals surface area (Å²) in [7, 11) is 3.82. The minimum Gasteiger partial charge on any atom is -0.378 e. The van der Waals surface area contributed by atoms with Crippen LogP contribution in [-0.2, 0) is 4.79 Å². The lowest BCUT2D eigenvalue weighted by atomic mass is 9.95. The number of hydrogen-bond donors (Lipinski definition) is 1. The van der Waals surface area contributed by atoms with Crippen LogP contribution >= 0.6 is 0 Å². The average Bonchev–Trinajstić information content (AvgIpc) is 2.58. The van der Waals surface area contributed by atoms with Crippen LogP contribution < -0.4 is 10.2 Å². The molecule has 1 N–H and O–H groups in total. The number of nitrogens with one attached hydrogen (secondary N) is 1. The van der Waals surface area contributed by atoms with Crippen LogP contribution in [0, 0.1) is 5.92 Å². The van der Waals surface area contributed by atoms with E-state index in [1.165, 1.54) is 0 Å². The molecule has 0 bridgehead atoms. The van der Waals surface area contributed by atoms with Crippen molar-refractivity contribution >= 4 is 17.5 Å². The largest absolute Gasteiger partial charge is 0.405 e. The van der Waals surface area contributed by atoms with Gasteiger partial charge in [0.1, 0.15) is 6.54 Å². The van der Waals surface area contributed by atoms with Crippen LogP contribution in [0.25, 0.3) is 0 Å². The summed E-state index contributed by atoms with van der Waals surface area (Å²) < 4.78 is 36.4. The zero-order valence-electron chi connectivity index (χ0n) is 14.3. The number of anilines is 1. The Morgan fingerprint density at radius 2 is 1.72 bits per heavy atom. The van der Waals surface area contributed by atoms with Crippen LogP contribution in [0.2, 0.25) is 0 Å². The maximum absolute atomic E-state index is 12.5. The van der Waals surface area contributed by atoms with Crippen LogP contribution in [0.1, 0.15) is 23.2 Å². The van der Waals surface area contributed by atoms with E-state index in [1.54, 1.807) is 17.0 Å². The van der Waals surface area contributed by atoms with Crippen molar-refractivity contribution in [2.24, 2.45) is 5.92 Å². The molecule has 5 nitrogen and oxygen atoms in total. The average molecular weight is 357 g/mol. The maximum Gasteiger partial charge on any atom is 0.405 e. The zero-order chi connectivity index (χ0) is 18.6. The standard InChI is InChI=1S/C17H22F3N3O2/c1-22(2)14-5-3-13(4-6-14)16(25)23-9-7-12(8-10-23)15(24)21-11-17(18,19)20/h3-6,12H,7-11H2,1-2H3,(H,21,24). The van der Waals surface area contributed by atoms with Gasteiger partial charge in [-0.05, 0) is 37.1 Å². The van der Waals surface area contributed by atoms with Gasteiger partial charge in [-0.2, -0.15) is 13.2 Å². The van der Waals surface area contributed by atoms with Crippen LogP contribution in [0.4, 0.5) is 18.9 Å². The molecule has 0 spiro atoms. The van der Waals surface area contributed by atoms with Gasteiger partial charge in [-0.3, -0.25) is 9.59 Å². The summed E-state index contributed by atoms with van der Waals surface area (Å²) in [6.07, 6.45) is -3.68. The first kappa shape index (κ1) is 19.1. The van der Waals surface area contributed by atoms with Gasteiger partial charge in [-0.25, -0.2) is 0 Å². The van der Waals surface area contributed by atoms with E-state index in [9.17, 15) is 22.8 Å². The molecule has 1 aliphatic heterocycles. The van der Waals surface area contributed by atoms with Gasteiger partial charge in [-0.15, -0.1) is 0 Å². The van der Waals surface area contributed by atoms with Gasteiger partial charge >= 0.3 is 6.18 Å². The van der Waals surface area contributed by atoms with Gasteiger partial charge in [0.2, 0.25) is 5.91 Å². The monoisotopic (exact) mass is 357 g/mol. The number of halogens is 3. The summed E-state index contributed by atoms with van der Waals surface area (Å²) in [5.74, 6) is -1.21. The summed E-state index contributed by atoms with van der Waals surface area (Å²) in [5, 5.41) is 1.91. The Bertz CT molecular complexity index is 607. The molecule has 1 aromatic carbocycles. The Kier molecular flexibility index (Phi) is 5.92. The second-order valence-corrected chi connectivity index (χ2v) is 6.34. The van der Waals surface area contributed by atoms with E-state index in [2.05, 4.69) is 0 Å². The predicted octanol–water partition coefficient (Wildman–Crippen LogP) is 2.28. The van der Waals surface area contributed by atoms with Crippen LogP contribution in [0.3, 0.4) is 0 Å². The fourth-order valence-electron chi connectivity index (χ4n) is 2.76. The van der Waals surface area contributed by atoms with Crippen LogP contribution in [-0.4, -0.2) is 56.6 Å². The normalized spacial score (nSPS) is 15.8. The molecule has 8 heteroatoms. The van der Waals surface area contributed by atoms with E-state index in [4.69, 9.17) is 0 Å². The first-order chi connectivity index (χ1) is 11.7. The molecule has 138 valence electrons. The van der Waals surface area contributed by atoms with E-state index in [0.29, 0.717) is 31.5 Å². The minimum atomic E-state index is -4.41. The third-order valence-corrected chi connectivity index (χ3v) is 4.25. The van der Waals surface area contributed by atoms with Crippen molar-refractivity contribution in [2.45, 2.75) is 19.0 Å². The third-order valence-electron chi connectivity index (χ3n) is 4.25.